The molecule has 2 aromatic rings. The fourth-order valence-corrected chi connectivity index (χ4v) is 0.902. The quantitative estimate of drug-likeness (QED) is 0.565. The van der Waals surface area contributed by atoms with E-state index in [4.69, 9.17) is 1.37 Å². The summed E-state index contributed by atoms with van der Waals surface area (Å²) in [4.78, 5) is 13.9. The number of rotatable bonds is 0. The summed E-state index contributed by atoms with van der Waals surface area (Å²) in [5.41, 5.74) is 0.426. The van der Waals surface area contributed by atoms with Gasteiger partial charge in [-0.1, -0.05) is 6.07 Å². The largest absolute Gasteiger partial charge is 0.346 e. The number of nitrogens with zero attached hydrogens (tertiary/aromatic N) is 1. The highest BCUT2D eigenvalue weighted by atomic mass is 16.1. The first-order valence-electron chi connectivity index (χ1n) is 3.44. The van der Waals surface area contributed by atoms with Crippen LogP contribution < -0.4 is 5.56 Å². The van der Waals surface area contributed by atoms with Crippen molar-refractivity contribution in [2.24, 2.45) is 0 Å². The fourth-order valence-electron chi connectivity index (χ4n) is 0.902. The lowest BCUT2D eigenvalue weighted by Crippen LogP contribution is -2.08. The third kappa shape index (κ3) is 0.572. The second-order valence-electron chi connectivity index (χ2n) is 1.99. The summed E-state index contributed by atoms with van der Waals surface area (Å²) in [7, 11) is 0. The fraction of sp³-hybridized carbons (Fsp3) is 0. The van der Waals surface area contributed by atoms with Crippen molar-refractivity contribution in [2.45, 2.75) is 0 Å². The van der Waals surface area contributed by atoms with Crippen LogP contribution in [0.1, 0.15) is 1.37 Å². The standard InChI is InChI=1S/C7H6N2O/c10-7-3-1-2-6-8-4-5-9(6)7/h1-5,8H/i2D. The molecule has 0 spiro atoms. The van der Waals surface area contributed by atoms with E-state index in [9.17, 15) is 4.79 Å². The SMILES string of the molecule is [2H]c1ccc(=O)n2cc[nH]c12. The predicted molar refractivity (Wildman–Crippen MR) is 38.0 cm³/mol. The molecule has 0 saturated carbocycles. The summed E-state index contributed by atoms with van der Waals surface area (Å²) in [6.45, 7) is 0. The predicted octanol–water partition coefficient (Wildman–Crippen LogP) is 0.628. The second-order valence-corrected chi connectivity index (χ2v) is 1.99. The monoisotopic (exact) mass is 135 g/mol. The van der Waals surface area contributed by atoms with E-state index in [1.54, 1.807) is 12.4 Å². The summed E-state index contributed by atoms with van der Waals surface area (Å²) in [5.74, 6) is 0. The van der Waals surface area contributed by atoms with Crippen molar-refractivity contribution in [1.29, 1.82) is 0 Å². The van der Waals surface area contributed by atoms with Crippen LogP contribution in [0.2, 0.25) is 0 Å². The van der Waals surface area contributed by atoms with E-state index >= 15 is 0 Å². The molecule has 0 aromatic carbocycles. The summed E-state index contributed by atoms with van der Waals surface area (Å²) in [5, 5.41) is 0. The van der Waals surface area contributed by atoms with Crippen LogP contribution in [0.25, 0.3) is 5.65 Å². The summed E-state index contributed by atoms with van der Waals surface area (Å²) in [6, 6.07) is 3.19. The maximum atomic E-state index is 11.1. The maximum Gasteiger partial charge on any atom is 0.256 e. The molecule has 0 radical (unpaired) electrons. The number of fused-ring (bicyclic) bond motifs is 1. The Kier molecular flexibility index (Phi) is 0.750. The van der Waals surface area contributed by atoms with E-state index in [0.29, 0.717) is 11.7 Å². The molecular formula is C7H6N2O. The molecule has 0 unspecified atom stereocenters. The zero-order valence-electron chi connectivity index (χ0n) is 6.16. The van der Waals surface area contributed by atoms with Gasteiger partial charge in [0.1, 0.15) is 5.65 Å². The minimum absolute atomic E-state index is 0.114. The van der Waals surface area contributed by atoms with E-state index in [0.717, 1.165) is 0 Å². The molecule has 1 N–H and O–H groups in total. The van der Waals surface area contributed by atoms with Crippen molar-refractivity contribution in [3.63, 3.8) is 0 Å². The normalized spacial score (nSPS) is 11.8. The summed E-state index contributed by atoms with van der Waals surface area (Å²) < 4.78 is 8.79. The van der Waals surface area contributed by atoms with Crippen molar-refractivity contribution in [3.05, 3.63) is 40.9 Å². The van der Waals surface area contributed by atoms with Gasteiger partial charge in [0.05, 0.1) is 1.37 Å². The van der Waals surface area contributed by atoms with Crippen molar-refractivity contribution < 1.29 is 1.37 Å². The highest BCUT2D eigenvalue weighted by molar-refractivity contribution is 5.36. The van der Waals surface area contributed by atoms with Gasteiger partial charge in [-0.2, -0.15) is 0 Å². The number of imidazole rings is 1. The Hall–Kier alpha value is -1.51. The lowest BCUT2D eigenvalue weighted by atomic mass is 10.5. The van der Waals surface area contributed by atoms with E-state index < -0.39 is 0 Å². The lowest BCUT2D eigenvalue weighted by Gasteiger charge is -1.87. The third-order valence-electron chi connectivity index (χ3n) is 1.37. The highest BCUT2D eigenvalue weighted by Crippen LogP contribution is 1.92. The van der Waals surface area contributed by atoms with Crippen LogP contribution in [0.3, 0.4) is 0 Å². The molecule has 0 aliphatic heterocycles. The van der Waals surface area contributed by atoms with Crippen molar-refractivity contribution >= 4 is 5.65 Å². The van der Waals surface area contributed by atoms with Gasteiger partial charge in [0.25, 0.3) is 5.56 Å². The van der Waals surface area contributed by atoms with Gasteiger partial charge in [0.2, 0.25) is 0 Å². The number of hydrogen-bond donors (Lipinski definition) is 1. The molecule has 0 atom stereocenters. The smallest absolute Gasteiger partial charge is 0.256 e. The summed E-state index contributed by atoms with van der Waals surface area (Å²) in [6.07, 6.45) is 3.24. The Labute approximate surface area is 58.3 Å². The van der Waals surface area contributed by atoms with E-state index in [1.807, 2.05) is 0 Å². The third-order valence-corrected chi connectivity index (χ3v) is 1.37. The molecule has 0 bridgehead atoms. The molecular weight excluding hydrogens is 128 g/mol. The Morgan fingerprint density at radius 3 is 3.40 bits per heavy atom. The van der Waals surface area contributed by atoms with Gasteiger partial charge in [-0.15, -0.1) is 0 Å². The van der Waals surface area contributed by atoms with Crippen molar-refractivity contribution in [2.75, 3.05) is 0 Å². The van der Waals surface area contributed by atoms with Crippen LogP contribution in [0, 0.1) is 0 Å². The van der Waals surface area contributed by atoms with Crippen LogP contribution in [-0.2, 0) is 0 Å². The zero-order chi connectivity index (χ0) is 7.84. The first-order chi connectivity index (χ1) is 5.29. The van der Waals surface area contributed by atoms with Gasteiger partial charge >= 0.3 is 0 Å². The molecule has 2 heterocycles. The van der Waals surface area contributed by atoms with E-state index in [2.05, 4.69) is 4.98 Å². The molecule has 10 heavy (non-hydrogen) atoms. The Morgan fingerprint density at radius 2 is 2.60 bits per heavy atom. The Balaban J connectivity index is 3.08. The molecule has 0 amide bonds. The minimum atomic E-state index is -0.114. The van der Waals surface area contributed by atoms with Crippen LogP contribution in [0.15, 0.2) is 35.4 Å². The topological polar surface area (TPSA) is 37.3 Å². The van der Waals surface area contributed by atoms with Crippen LogP contribution >= 0.6 is 0 Å². The molecule has 0 aliphatic rings. The van der Waals surface area contributed by atoms with Crippen LogP contribution in [0.5, 0.6) is 0 Å². The van der Waals surface area contributed by atoms with Gasteiger partial charge in [0, 0.05) is 18.5 Å². The van der Waals surface area contributed by atoms with Gasteiger partial charge in [0.15, 0.2) is 0 Å². The molecule has 0 saturated heterocycles. The average Bonchev–Trinajstić information content (AvgIpc) is 2.45. The highest BCUT2D eigenvalue weighted by Gasteiger charge is 1.90. The number of nitrogens with one attached hydrogen (secondary N) is 1. The zero-order valence-corrected chi connectivity index (χ0v) is 5.16. The maximum absolute atomic E-state index is 11.1. The first-order valence-corrected chi connectivity index (χ1v) is 2.94. The molecule has 3 nitrogen and oxygen atoms in total. The Bertz CT molecular complexity index is 443. The summed E-state index contributed by atoms with van der Waals surface area (Å²) >= 11 is 0. The molecule has 0 aliphatic carbocycles. The molecule has 2 rings (SSSR count). The molecule has 50 valence electrons. The van der Waals surface area contributed by atoms with Gasteiger partial charge in [-0.3, -0.25) is 9.20 Å². The van der Waals surface area contributed by atoms with Crippen LogP contribution in [-0.4, -0.2) is 9.38 Å². The number of H-pyrrole nitrogens is 1. The van der Waals surface area contributed by atoms with E-state index in [1.165, 1.54) is 16.5 Å². The van der Waals surface area contributed by atoms with Crippen LogP contribution in [0.4, 0.5) is 0 Å². The van der Waals surface area contributed by atoms with Gasteiger partial charge in [-0.05, 0) is 6.04 Å². The molecule has 3 heteroatoms. The minimum Gasteiger partial charge on any atom is -0.346 e. The van der Waals surface area contributed by atoms with Crippen molar-refractivity contribution in [1.82, 2.24) is 9.38 Å². The molecule has 0 fully saturated rings. The number of pyridine rings is 1. The van der Waals surface area contributed by atoms with Crippen molar-refractivity contribution in [3.8, 4) is 0 Å². The van der Waals surface area contributed by atoms with Gasteiger partial charge in [-0.25, -0.2) is 0 Å². The lowest BCUT2D eigenvalue weighted by molar-refractivity contribution is 1.11. The number of hydrogen-bond acceptors (Lipinski definition) is 1. The number of aromatic amines is 1. The van der Waals surface area contributed by atoms with E-state index in [-0.39, 0.29) is 5.56 Å². The molecule has 2 aromatic heterocycles. The Morgan fingerprint density at radius 1 is 1.70 bits per heavy atom. The first kappa shape index (κ1) is 4.33. The average molecular weight is 135 g/mol. The van der Waals surface area contributed by atoms with Gasteiger partial charge < -0.3 is 4.98 Å². The number of aromatic nitrogens is 2. The second kappa shape index (κ2) is 1.73.